The van der Waals surface area contributed by atoms with Crippen molar-refractivity contribution in [3.8, 4) is 16.3 Å². The van der Waals surface area contributed by atoms with Crippen LogP contribution in [0.1, 0.15) is 15.9 Å². The molecule has 0 spiro atoms. The molecule has 0 fully saturated rings. The lowest BCUT2D eigenvalue weighted by atomic mass is 10.1. The monoisotopic (exact) mass is 374 g/mol. The predicted molar refractivity (Wildman–Crippen MR) is 111 cm³/mol. The van der Waals surface area contributed by atoms with Crippen molar-refractivity contribution in [2.24, 2.45) is 0 Å². The molecule has 0 aliphatic heterocycles. The van der Waals surface area contributed by atoms with E-state index < -0.39 is 0 Å². The second-order valence-electron chi connectivity index (χ2n) is 6.15. The third-order valence-corrected chi connectivity index (χ3v) is 5.51. The number of anilines is 1. The van der Waals surface area contributed by atoms with E-state index in [1.165, 1.54) is 0 Å². The van der Waals surface area contributed by atoms with Gasteiger partial charge in [0.25, 0.3) is 5.91 Å². The number of fused-ring (bicyclic) bond motifs is 1. The average molecular weight is 374 g/mol. The summed E-state index contributed by atoms with van der Waals surface area (Å²) in [6.07, 6.45) is 0. The number of carbonyl (C=O) groups excluding carboxylic acids is 1. The van der Waals surface area contributed by atoms with Crippen LogP contribution in [0.2, 0.25) is 0 Å². The van der Waals surface area contributed by atoms with Crippen LogP contribution in [-0.2, 0) is 0 Å². The highest BCUT2D eigenvalue weighted by Crippen LogP contribution is 2.34. The van der Waals surface area contributed by atoms with Crippen molar-refractivity contribution in [1.82, 2.24) is 4.98 Å². The first-order chi connectivity index (χ1) is 13.2. The van der Waals surface area contributed by atoms with Crippen molar-refractivity contribution in [3.63, 3.8) is 0 Å². The Labute approximate surface area is 161 Å². The Morgan fingerprint density at radius 3 is 2.67 bits per heavy atom. The van der Waals surface area contributed by atoms with Gasteiger partial charge in [0.2, 0.25) is 0 Å². The molecule has 1 amide bonds. The van der Waals surface area contributed by atoms with Gasteiger partial charge in [-0.15, -0.1) is 11.3 Å². The van der Waals surface area contributed by atoms with E-state index in [-0.39, 0.29) is 5.91 Å². The summed E-state index contributed by atoms with van der Waals surface area (Å²) in [7, 11) is 1.59. The number of carbonyl (C=O) groups is 1. The van der Waals surface area contributed by atoms with E-state index in [1.807, 2.05) is 49.4 Å². The molecule has 0 saturated heterocycles. The highest BCUT2D eigenvalue weighted by molar-refractivity contribution is 7.21. The van der Waals surface area contributed by atoms with Crippen molar-refractivity contribution in [2.45, 2.75) is 6.92 Å². The van der Waals surface area contributed by atoms with Crippen LogP contribution in [0.4, 0.5) is 5.69 Å². The SMILES string of the molecule is COc1cccc(C(=O)Nc2cccc(-c3nc4ccccc4s3)c2C)c1. The van der Waals surface area contributed by atoms with Crippen LogP contribution < -0.4 is 10.1 Å². The number of para-hydroxylation sites is 1. The minimum Gasteiger partial charge on any atom is -0.497 e. The van der Waals surface area contributed by atoms with E-state index in [9.17, 15) is 4.79 Å². The van der Waals surface area contributed by atoms with Crippen molar-refractivity contribution in [2.75, 3.05) is 12.4 Å². The minimum absolute atomic E-state index is 0.168. The van der Waals surface area contributed by atoms with Gasteiger partial charge in [-0.05, 0) is 48.9 Å². The van der Waals surface area contributed by atoms with E-state index in [2.05, 4.69) is 11.4 Å². The minimum atomic E-state index is -0.168. The second kappa shape index (κ2) is 7.21. The largest absolute Gasteiger partial charge is 0.497 e. The van der Waals surface area contributed by atoms with Crippen LogP contribution in [0.5, 0.6) is 5.75 Å². The van der Waals surface area contributed by atoms with Crippen molar-refractivity contribution < 1.29 is 9.53 Å². The molecule has 0 saturated carbocycles. The molecule has 134 valence electrons. The van der Waals surface area contributed by atoms with Crippen LogP contribution in [0.15, 0.2) is 66.7 Å². The Hall–Kier alpha value is -3.18. The van der Waals surface area contributed by atoms with Crippen LogP contribution in [0.3, 0.4) is 0 Å². The van der Waals surface area contributed by atoms with Gasteiger partial charge in [0, 0.05) is 16.8 Å². The molecule has 0 atom stereocenters. The molecule has 1 N–H and O–H groups in total. The molecule has 0 bridgehead atoms. The van der Waals surface area contributed by atoms with Gasteiger partial charge in [0.05, 0.1) is 17.3 Å². The number of aromatic nitrogens is 1. The Morgan fingerprint density at radius 2 is 1.85 bits per heavy atom. The van der Waals surface area contributed by atoms with Gasteiger partial charge in [-0.1, -0.05) is 30.3 Å². The summed E-state index contributed by atoms with van der Waals surface area (Å²) in [5, 5.41) is 3.95. The van der Waals surface area contributed by atoms with Crippen molar-refractivity contribution in [1.29, 1.82) is 0 Å². The van der Waals surface area contributed by atoms with Gasteiger partial charge in [0.1, 0.15) is 10.8 Å². The lowest BCUT2D eigenvalue weighted by Gasteiger charge is -2.12. The smallest absolute Gasteiger partial charge is 0.255 e. The fraction of sp³-hybridized carbons (Fsp3) is 0.0909. The molecule has 1 heterocycles. The molecular formula is C22H18N2O2S. The predicted octanol–water partition coefficient (Wildman–Crippen LogP) is 5.53. The number of rotatable bonds is 4. The number of hydrogen-bond acceptors (Lipinski definition) is 4. The molecule has 0 unspecified atom stereocenters. The first kappa shape index (κ1) is 17.2. The number of methoxy groups -OCH3 is 1. The molecular weight excluding hydrogens is 356 g/mol. The molecule has 1 aromatic heterocycles. The number of benzene rings is 3. The summed E-state index contributed by atoms with van der Waals surface area (Å²) in [6.45, 7) is 2.00. The third-order valence-electron chi connectivity index (χ3n) is 4.44. The average Bonchev–Trinajstić information content (AvgIpc) is 3.13. The van der Waals surface area contributed by atoms with E-state index in [1.54, 1.807) is 36.6 Å². The first-order valence-electron chi connectivity index (χ1n) is 8.56. The topological polar surface area (TPSA) is 51.2 Å². The van der Waals surface area contributed by atoms with Gasteiger partial charge in [0.15, 0.2) is 0 Å². The quantitative estimate of drug-likeness (QED) is 0.511. The lowest BCUT2D eigenvalue weighted by Crippen LogP contribution is -2.13. The van der Waals surface area contributed by atoms with E-state index in [0.717, 1.165) is 32.0 Å². The molecule has 3 aromatic carbocycles. The number of hydrogen-bond donors (Lipinski definition) is 1. The Balaban J connectivity index is 1.66. The van der Waals surface area contributed by atoms with Crippen LogP contribution in [-0.4, -0.2) is 18.0 Å². The summed E-state index contributed by atoms with van der Waals surface area (Å²) in [4.78, 5) is 17.4. The van der Waals surface area contributed by atoms with E-state index in [4.69, 9.17) is 9.72 Å². The number of nitrogens with one attached hydrogen (secondary N) is 1. The van der Waals surface area contributed by atoms with Crippen LogP contribution >= 0.6 is 11.3 Å². The first-order valence-corrected chi connectivity index (χ1v) is 9.38. The zero-order valence-electron chi connectivity index (χ0n) is 15.0. The van der Waals surface area contributed by atoms with Crippen molar-refractivity contribution >= 4 is 33.1 Å². The van der Waals surface area contributed by atoms with Crippen LogP contribution in [0.25, 0.3) is 20.8 Å². The number of amides is 1. The van der Waals surface area contributed by atoms with Gasteiger partial charge in [-0.3, -0.25) is 4.79 Å². The Kier molecular flexibility index (Phi) is 4.60. The summed E-state index contributed by atoms with van der Waals surface area (Å²) < 4.78 is 6.35. The number of ether oxygens (including phenoxy) is 1. The molecule has 5 heteroatoms. The molecule has 4 aromatic rings. The third kappa shape index (κ3) is 3.41. The lowest BCUT2D eigenvalue weighted by molar-refractivity contribution is 0.102. The maximum atomic E-state index is 12.6. The fourth-order valence-electron chi connectivity index (χ4n) is 2.95. The van der Waals surface area contributed by atoms with Gasteiger partial charge in [-0.25, -0.2) is 4.98 Å². The maximum absolute atomic E-state index is 12.6. The standard InChI is InChI=1S/C22H18N2O2S/c1-14-17(22-24-19-10-3-4-12-20(19)27-22)9-6-11-18(14)23-21(25)15-7-5-8-16(13-15)26-2/h3-13H,1-2H3,(H,23,25). The van der Waals surface area contributed by atoms with Gasteiger partial charge >= 0.3 is 0 Å². The summed E-state index contributed by atoms with van der Waals surface area (Å²) >= 11 is 1.65. The molecule has 0 radical (unpaired) electrons. The van der Waals surface area contributed by atoms with Crippen LogP contribution in [0, 0.1) is 6.92 Å². The highest BCUT2D eigenvalue weighted by atomic mass is 32.1. The van der Waals surface area contributed by atoms with Gasteiger partial charge in [-0.2, -0.15) is 0 Å². The molecule has 0 aliphatic carbocycles. The summed E-state index contributed by atoms with van der Waals surface area (Å²) in [5.74, 6) is 0.487. The van der Waals surface area contributed by atoms with E-state index in [0.29, 0.717) is 11.3 Å². The van der Waals surface area contributed by atoms with E-state index >= 15 is 0 Å². The highest BCUT2D eigenvalue weighted by Gasteiger charge is 2.13. The number of thiazole rings is 1. The maximum Gasteiger partial charge on any atom is 0.255 e. The molecule has 0 aliphatic rings. The molecule has 27 heavy (non-hydrogen) atoms. The zero-order valence-corrected chi connectivity index (χ0v) is 15.8. The molecule has 4 rings (SSSR count). The number of nitrogens with zero attached hydrogens (tertiary/aromatic N) is 1. The zero-order chi connectivity index (χ0) is 18.8. The second-order valence-corrected chi connectivity index (χ2v) is 7.18. The Bertz CT molecular complexity index is 1100. The van der Waals surface area contributed by atoms with Crippen molar-refractivity contribution in [3.05, 3.63) is 77.9 Å². The summed E-state index contributed by atoms with van der Waals surface area (Å²) in [5.41, 5.74) is 4.34. The fourth-order valence-corrected chi connectivity index (χ4v) is 4.00. The summed E-state index contributed by atoms with van der Waals surface area (Å²) in [6, 6.07) is 21.1. The Morgan fingerprint density at radius 1 is 1.04 bits per heavy atom. The normalized spacial score (nSPS) is 10.7. The molecule has 4 nitrogen and oxygen atoms in total. The van der Waals surface area contributed by atoms with Gasteiger partial charge < -0.3 is 10.1 Å².